The summed E-state index contributed by atoms with van der Waals surface area (Å²) in [6, 6.07) is 19.8. The Hall–Kier alpha value is -1.26. The van der Waals surface area contributed by atoms with Crippen LogP contribution in [0.2, 0.25) is 0 Å². The zero-order valence-electron chi connectivity index (χ0n) is 12.7. The molecular formula is C20H14Br2O2. The Morgan fingerprint density at radius 1 is 0.583 bits per heavy atom. The first-order valence-corrected chi connectivity index (χ1v) is 9.67. The lowest BCUT2D eigenvalue weighted by Crippen LogP contribution is -2.36. The molecule has 3 fully saturated rings. The Balaban J connectivity index is 1.55. The minimum absolute atomic E-state index is 0.0441. The Morgan fingerprint density at radius 2 is 0.917 bits per heavy atom. The summed E-state index contributed by atoms with van der Waals surface area (Å²) in [6.07, 6.45) is 0. The van der Waals surface area contributed by atoms with Gasteiger partial charge in [0.2, 0.25) is 0 Å². The molecular weight excluding hydrogens is 432 g/mol. The van der Waals surface area contributed by atoms with Crippen LogP contribution in [0.4, 0.5) is 0 Å². The third-order valence-corrected chi connectivity index (χ3v) is 8.65. The summed E-state index contributed by atoms with van der Waals surface area (Å²) in [5, 5.41) is 0. The van der Waals surface area contributed by atoms with E-state index < -0.39 is 8.65 Å². The first-order valence-electron chi connectivity index (χ1n) is 8.08. The van der Waals surface area contributed by atoms with Gasteiger partial charge in [0.05, 0.1) is 11.8 Å². The minimum Gasteiger partial charge on any atom is -0.298 e. The van der Waals surface area contributed by atoms with Crippen LogP contribution in [-0.4, -0.2) is 20.2 Å². The molecule has 4 heteroatoms. The third-order valence-electron chi connectivity index (χ3n) is 5.90. The molecule has 2 aromatic rings. The first kappa shape index (κ1) is 15.0. The van der Waals surface area contributed by atoms with Crippen molar-refractivity contribution in [2.75, 3.05) is 0 Å². The van der Waals surface area contributed by atoms with Crippen LogP contribution in [0, 0.1) is 11.8 Å². The highest BCUT2D eigenvalue weighted by atomic mass is 79.9. The smallest absolute Gasteiger partial charge is 0.156 e. The number of benzene rings is 2. The molecule has 0 aliphatic heterocycles. The van der Waals surface area contributed by atoms with E-state index in [1.165, 1.54) is 0 Å². The highest BCUT2D eigenvalue weighted by Gasteiger charge is 2.87. The standard InChI is InChI=1S/C20H14Br2O2/c21-19-13(11-7-3-1-4-8-11)15(19)17(23)20(22)14(16(20)18(19)24)12-9-5-2-6-10-12/h1-10,13-16H/t13-,14+,15+,16-,19-,20+. The summed E-state index contributed by atoms with van der Waals surface area (Å²) in [6.45, 7) is 0. The number of Topliss-reactive ketones (excluding diaryl/α,β-unsaturated/α-hetero) is 2. The Bertz CT molecular complexity index is 792. The molecule has 0 saturated heterocycles. The van der Waals surface area contributed by atoms with Gasteiger partial charge in [-0.05, 0) is 11.1 Å². The molecule has 2 aromatic carbocycles. The van der Waals surface area contributed by atoms with Gasteiger partial charge in [0, 0.05) is 11.8 Å². The molecule has 3 aliphatic carbocycles. The van der Waals surface area contributed by atoms with E-state index in [2.05, 4.69) is 31.9 Å². The number of rotatable bonds is 2. The van der Waals surface area contributed by atoms with Crippen LogP contribution in [0.15, 0.2) is 60.7 Å². The summed E-state index contributed by atoms with van der Waals surface area (Å²) in [4.78, 5) is 26.4. The number of alkyl halides is 2. The van der Waals surface area contributed by atoms with Crippen LogP contribution < -0.4 is 0 Å². The van der Waals surface area contributed by atoms with E-state index in [0.717, 1.165) is 11.1 Å². The first-order chi connectivity index (χ1) is 11.5. The van der Waals surface area contributed by atoms with Crippen LogP contribution in [0.3, 0.4) is 0 Å². The van der Waals surface area contributed by atoms with E-state index >= 15 is 0 Å². The number of ketones is 2. The molecule has 3 saturated carbocycles. The quantitative estimate of drug-likeness (QED) is 0.648. The van der Waals surface area contributed by atoms with Crippen LogP contribution in [-0.2, 0) is 9.59 Å². The summed E-state index contributed by atoms with van der Waals surface area (Å²) < 4.78 is -1.42. The molecule has 0 aromatic heterocycles. The lowest BCUT2D eigenvalue weighted by Gasteiger charge is -2.16. The molecule has 3 aliphatic rings. The summed E-state index contributed by atoms with van der Waals surface area (Å²) in [5.74, 6) is -0.276. The zero-order chi connectivity index (χ0) is 16.7. The van der Waals surface area contributed by atoms with E-state index in [1.54, 1.807) is 0 Å². The number of carbonyl (C=O) groups excluding carboxylic acids is 2. The Morgan fingerprint density at radius 3 is 1.25 bits per heavy atom. The van der Waals surface area contributed by atoms with Crippen molar-refractivity contribution in [1.82, 2.24) is 0 Å². The number of hydrogen-bond acceptors (Lipinski definition) is 2. The van der Waals surface area contributed by atoms with Gasteiger partial charge >= 0.3 is 0 Å². The van der Waals surface area contributed by atoms with E-state index in [1.807, 2.05) is 60.7 Å². The van der Waals surface area contributed by atoms with Crippen molar-refractivity contribution < 1.29 is 9.59 Å². The van der Waals surface area contributed by atoms with Gasteiger partial charge in [-0.25, -0.2) is 0 Å². The predicted molar refractivity (Wildman–Crippen MR) is 98.7 cm³/mol. The van der Waals surface area contributed by atoms with Crippen molar-refractivity contribution >= 4 is 43.4 Å². The molecule has 2 nitrogen and oxygen atoms in total. The summed E-state index contributed by atoms with van der Waals surface area (Å²) in [5.41, 5.74) is 2.13. The molecule has 0 amide bonds. The fourth-order valence-electron chi connectivity index (χ4n) is 4.68. The van der Waals surface area contributed by atoms with Crippen molar-refractivity contribution in [3.05, 3.63) is 71.8 Å². The highest BCUT2D eigenvalue weighted by molar-refractivity contribution is 9.11. The third kappa shape index (κ3) is 1.62. The second-order valence-corrected chi connectivity index (χ2v) is 9.62. The fraction of sp³-hybridized carbons (Fsp3) is 0.300. The SMILES string of the molecule is O=C1[C@@H]2[C@@H](c3ccccc3)[C@]2(Br)C(=O)[C@H]2[C@H](c3ccccc3)[C@@]12Br. The van der Waals surface area contributed by atoms with Gasteiger partial charge in [-0.3, -0.25) is 9.59 Å². The largest absolute Gasteiger partial charge is 0.298 e. The molecule has 0 radical (unpaired) electrons. The second kappa shape index (κ2) is 4.67. The van der Waals surface area contributed by atoms with Crippen LogP contribution in [0.1, 0.15) is 23.0 Å². The van der Waals surface area contributed by atoms with Crippen LogP contribution in [0.5, 0.6) is 0 Å². The zero-order valence-corrected chi connectivity index (χ0v) is 15.8. The second-order valence-electron chi connectivity index (χ2n) is 7.00. The molecule has 24 heavy (non-hydrogen) atoms. The van der Waals surface area contributed by atoms with Crippen molar-refractivity contribution in [3.63, 3.8) is 0 Å². The fourth-order valence-corrected chi connectivity index (χ4v) is 6.91. The average Bonchev–Trinajstić information content (AvgIpc) is 3.46. The maximum absolute atomic E-state index is 13.2. The minimum atomic E-state index is -0.711. The highest BCUT2D eigenvalue weighted by Crippen LogP contribution is 2.79. The number of halogens is 2. The van der Waals surface area contributed by atoms with Gasteiger partial charge < -0.3 is 0 Å². The lowest BCUT2D eigenvalue weighted by molar-refractivity contribution is -0.128. The van der Waals surface area contributed by atoms with Crippen LogP contribution >= 0.6 is 31.9 Å². The monoisotopic (exact) mass is 444 g/mol. The maximum atomic E-state index is 13.2. The van der Waals surface area contributed by atoms with Gasteiger partial charge in [-0.15, -0.1) is 0 Å². The van der Waals surface area contributed by atoms with Gasteiger partial charge in [0.25, 0.3) is 0 Å². The van der Waals surface area contributed by atoms with Crippen molar-refractivity contribution in [3.8, 4) is 0 Å². The molecule has 0 heterocycles. The maximum Gasteiger partial charge on any atom is 0.156 e. The van der Waals surface area contributed by atoms with Gasteiger partial charge in [-0.2, -0.15) is 0 Å². The van der Waals surface area contributed by atoms with Crippen molar-refractivity contribution in [1.29, 1.82) is 0 Å². The Labute approximate surface area is 156 Å². The number of carbonyl (C=O) groups is 2. The summed E-state index contributed by atoms with van der Waals surface area (Å²) in [7, 11) is 0. The van der Waals surface area contributed by atoms with Gasteiger partial charge in [-0.1, -0.05) is 92.5 Å². The normalized spacial score (nSPS) is 42.2. The van der Waals surface area contributed by atoms with Crippen LogP contribution in [0.25, 0.3) is 0 Å². The van der Waals surface area contributed by atoms with Crippen molar-refractivity contribution in [2.24, 2.45) is 11.8 Å². The molecule has 0 spiro atoms. The van der Waals surface area contributed by atoms with Gasteiger partial charge in [0.15, 0.2) is 11.6 Å². The molecule has 5 rings (SSSR count). The molecule has 0 unspecified atom stereocenters. The molecule has 0 bridgehead atoms. The van der Waals surface area contributed by atoms with E-state index in [-0.39, 0.29) is 35.2 Å². The molecule has 120 valence electrons. The lowest BCUT2D eigenvalue weighted by atomic mass is 9.98. The van der Waals surface area contributed by atoms with E-state index in [4.69, 9.17) is 0 Å². The average molecular weight is 446 g/mol. The van der Waals surface area contributed by atoms with Crippen molar-refractivity contribution in [2.45, 2.75) is 20.5 Å². The summed E-state index contributed by atoms with van der Waals surface area (Å²) >= 11 is 7.35. The molecule has 0 N–H and O–H groups in total. The number of fused-ring (bicyclic) bond motifs is 2. The van der Waals surface area contributed by atoms with E-state index in [9.17, 15) is 9.59 Å². The van der Waals surface area contributed by atoms with Gasteiger partial charge in [0.1, 0.15) is 8.65 Å². The number of hydrogen-bond donors (Lipinski definition) is 0. The Kier molecular flexibility index (Phi) is 2.93. The topological polar surface area (TPSA) is 34.1 Å². The van der Waals surface area contributed by atoms with E-state index in [0.29, 0.717) is 0 Å². The molecule has 6 atom stereocenters. The predicted octanol–water partition coefficient (Wildman–Crippen LogP) is 4.23.